The molecule has 0 atom stereocenters. The molecular formula is C14H24N2O6. The molecule has 8 nitrogen and oxygen atoms in total. The highest BCUT2D eigenvalue weighted by Gasteiger charge is 2.37. The number of rotatable bonds is 10. The highest BCUT2D eigenvalue weighted by molar-refractivity contribution is 5.16. The van der Waals surface area contributed by atoms with Gasteiger partial charge in [-0.3, -0.25) is 9.97 Å². The fourth-order valence-corrected chi connectivity index (χ4v) is 2.11. The summed E-state index contributed by atoms with van der Waals surface area (Å²) in [5, 5.41) is 38.0. The van der Waals surface area contributed by atoms with Crippen molar-refractivity contribution in [1.82, 2.24) is 9.97 Å². The van der Waals surface area contributed by atoms with E-state index in [1.54, 1.807) is 13.8 Å². The summed E-state index contributed by atoms with van der Waals surface area (Å²) in [6, 6.07) is 0. The van der Waals surface area contributed by atoms with Gasteiger partial charge in [-0.2, -0.15) is 0 Å². The minimum atomic E-state index is -1.34. The van der Waals surface area contributed by atoms with Gasteiger partial charge in [0, 0.05) is 13.2 Å². The molecule has 4 N–H and O–H groups in total. The molecule has 1 heterocycles. The molecule has 0 saturated heterocycles. The van der Waals surface area contributed by atoms with Crippen LogP contribution >= 0.6 is 0 Å². The second kappa shape index (κ2) is 8.47. The summed E-state index contributed by atoms with van der Waals surface area (Å²) >= 11 is 0. The lowest BCUT2D eigenvalue weighted by molar-refractivity contribution is -0.117. The molecule has 0 saturated carbocycles. The fourth-order valence-electron chi connectivity index (χ4n) is 2.11. The van der Waals surface area contributed by atoms with Gasteiger partial charge in [0.25, 0.3) is 0 Å². The van der Waals surface area contributed by atoms with Crippen molar-refractivity contribution >= 4 is 0 Å². The molecule has 0 unspecified atom stereocenters. The Bertz CT molecular complexity index is 390. The van der Waals surface area contributed by atoms with Crippen molar-refractivity contribution in [2.24, 2.45) is 0 Å². The van der Waals surface area contributed by atoms with Crippen LogP contribution in [0.15, 0.2) is 12.4 Å². The number of ether oxygens (including phenoxy) is 2. The first-order chi connectivity index (χ1) is 10.6. The van der Waals surface area contributed by atoms with Crippen LogP contribution in [0.2, 0.25) is 0 Å². The first-order valence-corrected chi connectivity index (χ1v) is 7.12. The third kappa shape index (κ3) is 3.60. The smallest absolute Gasteiger partial charge is 0.157 e. The highest BCUT2D eigenvalue weighted by Crippen LogP contribution is 2.26. The van der Waals surface area contributed by atoms with Crippen LogP contribution in [0.4, 0.5) is 0 Å². The van der Waals surface area contributed by atoms with Gasteiger partial charge in [0.2, 0.25) is 0 Å². The van der Waals surface area contributed by atoms with E-state index in [9.17, 15) is 20.4 Å². The Morgan fingerprint density at radius 3 is 1.27 bits per heavy atom. The molecule has 22 heavy (non-hydrogen) atoms. The van der Waals surface area contributed by atoms with Crippen molar-refractivity contribution < 1.29 is 29.9 Å². The van der Waals surface area contributed by atoms with Crippen molar-refractivity contribution in [3.63, 3.8) is 0 Å². The summed E-state index contributed by atoms with van der Waals surface area (Å²) < 4.78 is 10.8. The van der Waals surface area contributed by atoms with E-state index in [-0.39, 0.29) is 24.6 Å². The summed E-state index contributed by atoms with van der Waals surface area (Å²) in [7, 11) is 0. The first kappa shape index (κ1) is 18.9. The summed E-state index contributed by atoms with van der Waals surface area (Å²) in [4.78, 5) is 8.29. The molecular weight excluding hydrogens is 292 g/mol. The van der Waals surface area contributed by atoms with Crippen LogP contribution in [0.1, 0.15) is 25.2 Å². The third-order valence-electron chi connectivity index (χ3n) is 3.45. The predicted octanol–water partition coefficient (Wildman–Crippen LogP) is -1.09. The molecule has 0 aromatic carbocycles. The zero-order valence-electron chi connectivity index (χ0n) is 12.9. The van der Waals surface area contributed by atoms with Crippen molar-refractivity contribution in [3.05, 3.63) is 23.8 Å². The number of hydrogen-bond donors (Lipinski definition) is 4. The Labute approximate surface area is 129 Å². The number of aromatic nitrogens is 2. The predicted molar refractivity (Wildman–Crippen MR) is 77.0 cm³/mol. The van der Waals surface area contributed by atoms with Gasteiger partial charge in [-0.15, -0.1) is 0 Å². The number of hydrogen-bond acceptors (Lipinski definition) is 8. The minimum absolute atomic E-state index is 0.254. The lowest BCUT2D eigenvalue weighted by Crippen LogP contribution is -2.41. The molecule has 0 spiro atoms. The second-order valence-electron chi connectivity index (χ2n) is 4.77. The van der Waals surface area contributed by atoms with Gasteiger partial charge in [-0.1, -0.05) is 0 Å². The molecule has 0 radical (unpaired) electrons. The van der Waals surface area contributed by atoms with E-state index in [0.29, 0.717) is 0 Å². The quantitative estimate of drug-likeness (QED) is 0.429. The largest absolute Gasteiger partial charge is 0.393 e. The van der Waals surface area contributed by atoms with Crippen molar-refractivity contribution in [3.8, 4) is 0 Å². The van der Waals surface area contributed by atoms with E-state index in [4.69, 9.17) is 9.47 Å². The van der Waals surface area contributed by atoms with Crippen molar-refractivity contribution in [2.75, 3.05) is 39.6 Å². The first-order valence-electron chi connectivity index (χ1n) is 7.12. The zero-order valence-corrected chi connectivity index (χ0v) is 12.9. The lowest BCUT2D eigenvalue weighted by Gasteiger charge is -2.31. The van der Waals surface area contributed by atoms with Gasteiger partial charge < -0.3 is 29.9 Å². The SMILES string of the molecule is CCOC(CO)(CO)c1cnc(C(CO)(CO)OCC)cn1. The van der Waals surface area contributed by atoms with Gasteiger partial charge in [0.05, 0.1) is 50.2 Å². The van der Waals surface area contributed by atoms with E-state index >= 15 is 0 Å². The molecule has 126 valence electrons. The molecule has 0 amide bonds. The Hall–Kier alpha value is -1.16. The van der Waals surface area contributed by atoms with Crippen LogP contribution in [-0.4, -0.2) is 70.0 Å². The van der Waals surface area contributed by atoms with Crippen LogP contribution in [0.3, 0.4) is 0 Å². The summed E-state index contributed by atoms with van der Waals surface area (Å²) in [5.41, 5.74) is -2.17. The molecule has 0 aliphatic carbocycles. The topological polar surface area (TPSA) is 125 Å². The van der Waals surface area contributed by atoms with Crippen LogP contribution in [0.25, 0.3) is 0 Å². The molecule has 1 rings (SSSR count). The molecule has 0 bridgehead atoms. The van der Waals surface area contributed by atoms with Crippen LogP contribution < -0.4 is 0 Å². The van der Waals surface area contributed by atoms with Gasteiger partial charge in [0.15, 0.2) is 11.2 Å². The van der Waals surface area contributed by atoms with Crippen molar-refractivity contribution in [1.29, 1.82) is 0 Å². The molecule has 0 aliphatic heterocycles. The maximum atomic E-state index is 9.51. The lowest BCUT2D eigenvalue weighted by atomic mass is 9.99. The Balaban J connectivity index is 3.17. The second-order valence-corrected chi connectivity index (χ2v) is 4.77. The van der Waals surface area contributed by atoms with Crippen LogP contribution in [0.5, 0.6) is 0 Å². The van der Waals surface area contributed by atoms with Crippen LogP contribution in [0, 0.1) is 0 Å². The van der Waals surface area contributed by atoms with Gasteiger partial charge in [-0.05, 0) is 13.8 Å². The number of aliphatic hydroxyl groups excluding tert-OH is 4. The normalized spacial score (nSPS) is 12.6. The standard InChI is InChI=1S/C14H24N2O6/c1-3-21-13(7-17,8-18)11-5-16-12(6-15-11)14(9-19,10-20)22-4-2/h5-6,17-20H,3-4,7-10H2,1-2H3. The zero-order chi connectivity index (χ0) is 16.6. The Morgan fingerprint density at radius 1 is 0.773 bits per heavy atom. The molecule has 1 aromatic heterocycles. The van der Waals surface area contributed by atoms with Gasteiger partial charge in [0.1, 0.15) is 0 Å². The van der Waals surface area contributed by atoms with E-state index in [2.05, 4.69) is 9.97 Å². The van der Waals surface area contributed by atoms with Crippen molar-refractivity contribution in [2.45, 2.75) is 25.0 Å². The monoisotopic (exact) mass is 316 g/mol. The minimum Gasteiger partial charge on any atom is -0.393 e. The molecule has 8 heteroatoms. The number of aliphatic hydroxyl groups is 4. The summed E-state index contributed by atoms with van der Waals surface area (Å²) in [6.07, 6.45) is 2.66. The fraction of sp³-hybridized carbons (Fsp3) is 0.714. The molecule has 1 aromatic rings. The molecule has 0 fully saturated rings. The summed E-state index contributed by atoms with van der Waals surface area (Å²) in [6.45, 7) is 2.20. The molecule has 0 aliphatic rings. The Morgan fingerprint density at radius 2 is 1.09 bits per heavy atom. The van der Waals surface area contributed by atoms with Gasteiger partial charge in [-0.25, -0.2) is 0 Å². The highest BCUT2D eigenvalue weighted by atomic mass is 16.5. The van der Waals surface area contributed by atoms with E-state index in [0.717, 1.165) is 0 Å². The van der Waals surface area contributed by atoms with Crippen LogP contribution in [-0.2, 0) is 20.7 Å². The van der Waals surface area contributed by atoms with Gasteiger partial charge >= 0.3 is 0 Å². The van der Waals surface area contributed by atoms with E-state index in [1.165, 1.54) is 12.4 Å². The average molecular weight is 316 g/mol. The maximum Gasteiger partial charge on any atom is 0.157 e. The van der Waals surface area contributed by atoms with E-state index in [1.807, 2.05) is 0 Å². The summed E-state index contributed by atoms with van der Waals surface area (Å²) in [5.74, 6) is 0. The average Bonchev–Trinajstić information content (AvgIpc) is 2.58. The Kier molecular flexibility index (Phi) is 7.27. The maximum absolute atomic E-state index is 9.51. The van der Waals surface area contributed by atoms with E-state index < -0.39 is 37.6 Å². The number of nitrogens with zero attached hydrogens (tertiary/aromatic N) is 2. The third-order valence-corrected chi connectivity index (χ3v) is 3.45.